The first-order chi connectivity index (χ1) is 7.04. The zero-order valence-corrected chi connectivity index (χ0v) is 9.01. The number of rotatable bonds is 3. The van der Waals surface area contributed by atoms with Crippen molar-refractivity contribution < 1.29 is 14.2 Å². The van der Waals surface area contributed by atoms with E-state index in [-0.39, 0.29) is 5.82 Å². The van der Waals surface area contributed by atoms with Gasteiger partial charge in [-0.3, -0.25) is 0 Å². The molecule has 0 aromatic heterocycles. The van der Waals surface area contributed by atoms with Crippen LogP contribution in [0.2, 0.25) is 0 Å². The molecule has 1 saturated carbocycles. The molecule has 0 spiro atoms. The number of halogens is 1. The summed E-state index contributed by atoms with van der Waals surface area (Å²) in [6.45, 7) is 1.68. The zero-order valence-electron chi connectivity index (χ0n) is 9.01. The van der Waals surface area contributed by atoms with Gasteiger partial charge in [0.15, 0.2) is 0 Å². The van der Waals surface area contributed by atoms with Crippen LogP contribution in [0.1, 0.15) is 24.0 Å². The Labute approximate surface area is 88.7 Å². The molecule has 1 N–H and O–H groups in total. The van der Waals surface area contributed by atoms with Gasteiger partial charge in [0, 0.05) is 12.0 Å². The van der Waals surface area contributed by atoms with Crippen LogP contribution in [0.3, 0.4) is 0 Å². The normalized spacial score (nSPS) is 17.6. The number of benzene rings is 1. The minimum absolute atomic E-state index is 0.270. The molecule has 2 nitrogen and oxygen atoms in total. The summed E-state index contributed by atoms with van der Waals surface area (Å²) in [5, 5.41) is 9.74. The Kier molecular flexibility index (Phi) is 2.43. The highest BCUT2D eigenvalue weighted by Crippen LogP contribution is 2.39. The Hall–Kier alpha value is -1.09. The number of hydrogen-bond acceptors (Lipinski definition) is 2. The smallest absolute Gasteiger partial charge is 0.130 e. The second-order valence-corrected chi connectivity index (χ2v) is 4.31. The molecule has 0 heterocycles. The van der Waals surface area contributed by atoms with E-state index in [1.165, 1.54) is 13.2 Å². The van der Waals surface area contributed by atoms with E-state index >= 15 is 0 Å². The Morgan fingerprint density at radius 2 is 2.13 bits per heavy atom. The van der Waals surface area contributed by atoms with Gasteiger partial charge in [0.1, 0.15) is 11.6 Å². The molecule has 0 bridgehead atoms. The van der Waals surface area contributed by atoms with E-state index in [2.05, 4.69) is 0 Å². The third kappa shape index (κ3) is 2.12. The van der Waals surface area contributed by atoms with Gasteiger partial charge >= 0.3 is 0 Å². The van der Waals surface area contributed by atoms with Gasteiger partial charge < -0.3 is 9.84 Å². The molecule has 0 amide bonds. The maximum Gasteiger partial charge on any atom is 0.130 e. The van der Waals surface area contributed by atoms with Gasteiger partial charge in [-0.25, -0.2) is 4.39 Å². The second kappa shape index (κ2) is 3.49. The average molecular weight is 210 g/mol. The quantitative estimate of drug-likeness (QED) is 0.828. The van der Waals surface area contributed by atoms with Crippen molar-refractivity contribution in [1.29, 1.82) is 0 Å². The van der Waals surface area contributed by atoms with Crippen LogP contribution in [-0.4, -0.2) is 17.8 Å². The topological polar surface area (TPSA) is 29.5 Å². The van der Waals surface area contributed by atoms with Crippen molar-refractivity contribution in [3.63, 3.8) is 0 Å². The Bertz CT molecular complexity index is 383. The van der Waals surface area contributed by atoms with Crippen LogP contribution in [-0.2, 0) is 6.42 Å². The summed E-state index contributed by atoms with van der Waals surface area (Å²) in [5.41, 5.74) is 0.728. The molecule has 0 unspecified atom stereocenters. The van der Waals surface area contributed by atoms with E-state index in [0.29, 0.717) is 17.7 Å². The highest BCUT2D eigenvalue weighted by atomic mass is 19.1. The van der Waals surface area contributed by atoms with Crippen molar-refractivity contribution in [1.82, 2.24) is 0 Å². The fourth-order valence-electron chi connectivity index (χ4n) is 1.72. The number of methoxy groups -OCH3 is 1. The van der Waals surface area contributed by atoms with Crippen LogP contribution in [0.5, 0.6) is 5.75 Å². The number of hydrogen-bond donors (Lipinski definition) is 1. The van der Waals surface area contributed by atoms with E-state index < -0.39 is 5.60 Å². The first-order valence-electron chi connectivity index (χ1n) is 5.09. The second-order valence-electron chi connectivity index (χ2n) is 4.31. The van der Waals surface area contributed by atoms with Crippen molar-refractivity contribution >= 4 is 0 Å². The summed E-state index contributed by atoms with van der Waals surface area (Å²) in [6, 6.07) is 3.28. The molecule has 1 fully saturated rings. The van der Waals surface area contributed by atoms with Gasteiger partial charge in [-0.05, 0) is 37.5 Å². The number of ether oxygens (including phenoxy) is 1. The summed E-state index contributed by atoms with van der Waals surface area (Å²) in [6.07, 6.45) is 2.14. The third-order valence-corrected chi connectivity index (χ3v) is 2.94. The van der Waals surface area contributed by atoms with Crippen LogP contribution in [0, 0.1) is 12.7 Å². The van der Waals surface area contributed by atoms with E-state index in [4.69, 9.17) is 4.74 Å². The molecule has 0 saturated heterocycles. The van der Waals surface area contributed by atoms with Gasteiger partial charge in [0.2, 0.25) is 0 Å². The van der Waals surface area contributed by atoms with Crippen molar-refractivity contribution in [3.05, 3.63) is 29.1 Å². The van der Waals surface area contributed by atoms with Crippen LogP contribution in [0.4, 0.5) is 4.39 Å². The molecule has 0 radical (unpaired) electrons. The summed E-state index contributed by atoms with van der Waals surface area (Å²) in [7, 11) is 1.53. The molecule has 0 atom stereocenters. The van der Waals surface area contributed by atoms with Gasteiger partial charge in [-0.1, -0.05) is 0 Å². The summed E-state index contributed by atoms with van der Waals surface area (Å²) >= 11 is 0. The maximum atomic E-state index is 13.5. The fraction of sp³-hybridized carbons (Fsp3) is 0.500. The van der Waals surface area contributed by atoms with Crippen molar-refractivity contribution in [3.8, 4) is 5.75 Å². The molecule has 1 aliphatic rings. The predicted molar refractivity (Wildman–Crippen MR) is 55.6 cm³/mol. The molecule has 0 aliphatic heterocycles. The predicted octanol–water partition coefficient (Wildman–Crippen LogP) is 2.21. The fourth-order valence-corrected chi connectivity index (χ4v) is 1.72. The number of aliphatic hydroxyl groups is 1. The highest BCUT2D eigenvalue weighted by molar-refractivity contribution is 5.38. The Morgan fingerprint density at radius 1 is 1.47 bits per heavy atom. The van der Waals surface area contributed by atoms with Gasteiger partial charge in [0.25, 0.3) is 0 Å². The van der Waals surface area contributed by atoms with Crippen LogP contribution < -0.4 is 4.74 Å². The molecule has 1 aromatic rings. The van der Waals surface area contributed by atoms with E-state index in [1.807, 2.05) is 0 Å². The van der Waals surface area contributed by atoms with E-state index in [1.54, 1.807) is 13.0 Å². The van der Waals surface area contributed by atoms with E-state index in [0.717, 1.165) is 18.4 Å². The minimum Gasteiger partial charge on any atom is -0.496 e. The lowest BCUT2D eigenvalue weighted by Gasteiger charge is -2.11. The standard InChI is InChI=1S/C12H15FO2/c1-8-10(13)5-9(6-11(8)15-2)7-12(14)3-4-12/h5-6,14H,3-4,7H2,1-2H3. The maximum absolute atomic E-state index is 13.5. The van der Waals surface area contributed by atoms with Crippen molar-refractivity contribution in [2.45, 2.75) is 31.8 Å². The van der Waals surface area contributed by atoms with Crippen LogP contribution >= 0.6 is 0 Å². The lowest BCUT2D eigenvalue weighted by Crippen LogP contribution is -2.11. The van der Waals surface area contributed by atoms with Crippen LogP contribution in [0.25, 0.3) is 0 Å². The van der Waals surface area contributed by atoms with Gasteiger partial charge in [-0.15, -0.1) is 0 Å². The molecular formula is C12H15FO2. The SMILES string of the molecule is COc1cc(CC2(O)CC2)cc(F)c1C. The average Bonchev–Trinajstić information content (AvgIpc) is 2.89. The summed E-state index contributed by atoms with van der Waals surface area (Å²) < 4.78 is 18.5. The molecule has 82 valence electrons. The first kappa shape index (κ1) is 10.4. The Morgan fingerprint density at radius 3 is 2.67 bits per heavy atom. The van der Waals surface area contributed by atoms with Crippen molar-refractivity contribution in [2.24, 2.45) is 0 Å². The monoisotopic (exact) mass is 210 g/mol. The molecular weight excluding hydrogens is 195 g/mol. The summed E-state index contributed by atoms with van der Waals surface area (Å²) in [4.78, 5) is 0. The molecule has 15 heavy (non-hydrogen) atoms. The van der Waals surface area contributed by atoms with Crippen molar-refractivity contribution in [2.75, 3.05) is 7.11 Å². The van der Waals surface area contributed by atoms with Gasteiger partial charge in [0.05, 0.1) is 12.7 Å². The Balaban J connectivity index is 2.28. The zero-order chi connectivity index (χ0) is 11.1. The first-order valence-corrected chi connectivity index (χ1v) is 5.09. The largest absolute Gasteiger partial charge is 0.496 e. The lowest BCUT2D eigenvalue weighted by molar-refractivity contribution is 0.151. The minimum atomic E-state index is -0.591. The van der Waals surface area contributed by atoms with Gasteiger partial charge in [-0.2, -0.15) is 0 Å². The molecule has 1 aromatic carbocycles. The summed E-state index contributed by atoms with van der Waals surface area (Å²) in [5.74, 6) is 0.280. The third-order valence-electron chi connectivity index (χ3n) is 2.94. The highest BCUT2D eigenvalue weighted by Gasteiger charge is 2.40. The van der Waals surface area contributed by atoms with Crippen LogP contribution in [0.15, 0.2) is 12.1 Å². The lowest BCUT2D eigenvalue weighted by atomic mass is 10.0. The molecule has 1 aliphatic carbocycles. The van der Waals surface area contributed by atoms with E-state index in [9.17, 15) is 9.50 Å². The molecule has 2 rings (SSSR count). The molecule has 3 heteroatoms.